The molecule has 3 aromatic rings. The van der Waals surface area contributed by atoms with Crippen molar-refractivity contribution in [2.24, 2.45) is 0 Å². The van der Waals surface area contributed by atoms with Gasteiger partial charge in [-0.05, 0) is 60.0 Å². The molecule has 1 N–H and O–H groups in total. The largest absolute Gasteiger partial charge is 0.493 e. The van der Waals surface area contributed by atoms with Crippen LogP contribution in [0.2, 0.25) is 0 Å². The van der Waals surface area contributed by atoms with Crippen LogP contribution < -0.4 is 14.8 Å². The maximum absolute atomic E-state index is 13.4. The van der Waals surface area contributed by atoms with E-state index >= 15 is 0 Å². The van der Waals surface area contributed by atoms with Crippen LogP contribution in [0, 0.1) is 0 Å². The Bertz CT molecular complexity index is 1180. The van der Waals surface area contributed by atoms with Gasteiger partial charge in [0, 0.05) is 24.8 Å². The molecule has 0 radical (unpaired) electrons. The number of Topliss-reactive ketones (excluding diaryl/α,β-unsaturated/α-hetero) is 1. The number of likely N-dealkylation sites (N-methyl/N-ethyl adjacent to an activating group) is 1. The highest BCUT2D eigenvalue weighted by molar-refractivity contribution is 6.12. The first-order valence-corrected chi connectivity index (χ1v) is 10.2. The molecule has 1 aliphatic heterocycles. The lowest BCUT2D eigenvalue weighted by molar-refractivity contribution is 0.0989. The Morgan fingerprint density at radius 1 is 1.03 bits per heavy atom. The monoisotopic (exact) mass is 432 g/mol. The van der Waals surface area contributed by atoms with Gasteiger partial charge in [0.1, 0.15) is 0 Å². The van der Waals surface area contributed by atoms with Crippen LogP contribution in [-0.2, 0) is 6.42 Å². The number of hydrogen-bond donors (Lipinski definition) is 1. The first-order valence-electron chi connectivity index (χ1n) is 10.2. The van der Waals surface area contributed by atoms with Gasteiger partial charge in [0.05, 0.1) is 26.2 Å². The molecule has 32 heavy (non-hydrogen) atoms. The Kier molecular flexibility index (Phi) is 5.98. The summed E-state index contributed by atoms with van der Waals surface area (Å²) in [5.41, 5.74) is 3.55. The number of amides is 1. The maximum Gasteiger partial charge on any atom is 0.291 e. The molecule has 1 amide bonds. The summed E-state index contributed by atoms with van der Waals surface area (Å²) in [6.45, 7) is 0.676. The fraction of sp³-hybridized carbons (Fsp3) is 0.200. The number of rotatable bonds is 6. The van der Waals surface area contributed by atoms with Crippen molar-refractivity contribution >= 4 is 23.5 Å². The highest BCUT2D eigenvalue weighted by Gasteiger charge is 2.22. The molecular formula is C25H24N2O5. The van der Waals surface area contributed by atoms with Gasteiger partial charge in [0.2, 0.25) is 5.78 Å². The highest BCUT2D eigenvalue weighted by atomic mass is 16.5. The van der Waals surface area contributed by atoms with Gasteiger partial charge >= 0.3 is 0 Å². The molecule has 0 spiro atoms. The number of ether oxygens (including phenoxy) is 2. The van der Waals surface area contributed by atoms with Crippen LogP contribution in [0.3, 0.4) is 0 Å². The number of hydrogen-bond acceptors (Lipinski definition) is 6. The lowest BCUT2D eigenvalue weighted by Gasteiger charge is -2.20. The van der Waals surface area contributed by atoms with Gasteiger partial charge in [-0.15, -0.1) is 0 Å². The summed E-state index contributed by atoms with van der Waals surface area (Å²) in [7, 11) is 5.09. The van der Waals surface area contributed by atoms with Crippen molar-refractivity contribution in [2.75, 3.05) is 33.1 Å². The Morgan fingerprint density at radius 3 is 2.53 bits per heavy atom. The van der Waals surface area contributed by atoms with E-state index in [9.17, 15) is 9.59 Å². The Morgan fingerprint density at radius 2 is 1.81 bits per heavy atom. The Hall–Kier alpha value is -4.00. The molecule has 0 saturated heterocycles. The number of allylic oxidation sites excluding steroid dienone is 1. The van der Waals surface area contributed by atoms with E-state index in [0.29, 0.717) is 35.0 Å². The third-order valence-corrected chi connectivity index (χ3v) is 5.43. The quantitative estimate of drug-likeness (QED) is 0.586. The van der Waals surface area contributed by atoms with E-state index in [4.69, 9.17) is 13.9 Å². The van der Waals surface area contributed by atoms with E-state index < -0.39 is 0 Å². The third kappa shape index (κ3) is 4.23. The number of anilines is 1. The van der Waals surface area contributed by atoms with Gasteiger partial charge in [0.25, 0.3) is 5.91 Å². The lowest BCUT2D eigenvalue weighted by atomic mass is 10.0. The first-order chi connectivity index (χ1) is 15.5. The molecule has 0 unspecified atom stereocenters. The molecule has 0 fully saturated rings. The second-order valence-corrected chi connectivity index (χ2v) is 7.45. The molecule has 7 heteroatoms. The lowest BCUT2D eigenvalue weighted by Crippen LogP contribution is -2.24. The van der Waals surface area contributed by atoms with Gasteiger partial charge < -0.3 is 24.1 Å². The number of nitrogens with one attached hydrogen (secondary N) is 1. The van der Waals surface area contributed by atoms with E-state index in [0.717, 1.165) is 17.5 Å². The van der Waals surface area contributed by atoms with Crippen LogP contribution in [-0.4, -0.2) is 44.4 Å². The SMILES string of the molecule is COc1cc2c(cc1OC)CCN(C)C(C(=O)c1cccc(NC(=O)c3ccco3)c1)=C2. The molecule has 2 aromatic carbocycles. The smallest absolute Gasteiger partial charge is 0.291 e. The summed E-state index contributed by atoms with van der Waals surface area (Å²) in [6, 6.07) is 13.9. The van der Waals surface area contributed by atoms with E-state index in [1.165, 1.54) is 6.26 Å². The Labute approximate surface area is 186 Å². The highest BCUT2D eigenvalue weighted by Crippen LogP contribution is 2.34. The number of ketones is 1. The minimum atomic E-state index is -0.375. The molecular weight excluding hydrogens is 408 g/mol. The van der Waals surface area contributed by atoms with Crippen molar-refractivity contribution in [3.8, 4) is 11.5 Å². The molecule has 0 atom stereocenters. The van der Waals surface area contributed by atoms with Crippen LogP contribution in [0.1, 0.15) is 32.0 Å². The van der Waals surface area contributed by atoms with Gasteiger partial charge in [-0.2, -0.15) is 0 Å². The van der Waals surface area contributed by atoms with Crippen LogP contribution in [0.4, 0.5) is 5.69 Å². The number of benzene rings is 2. The zero-order valence-corrected chi connectivity index (χ0v) is 18.2. The molecule has 2 heterocycles. The average Bonchev–Trinajstić information content (AvgIpc) is 3.30. The van der Waals surface area contributed by atoms with Crippen molar-refractivity contribution in [3.63, 3.8) is 0 Å². The number of fused-ring (bicyclic) bond motifs is 1. The molecule has 1 aliphatic rings. The van der Waals surface area contributed by atoms with Gasteiger partial charge in [-0.3, -0.25) is 9.59 Å². The predicted molar refractivity (Wildman–Crippen MR) is 121 cm³/mol. The second-order valence-electron chi connectivity index (χ2n) is 7.45. The van der Waals surface area contributed by atoms with E-state index in [2.05, 4.69) is 5.32 Å². The fourth-order valence-electron chi connectivity index (χ4n) is 3.68. The normalized spacial score (nSPS) is 13.0. The van der Waals surface area contributed by atoms with Crippen LogP contribution >= 0.6 is 0 Å². The summed E-state index contributed by atoms with van der Waals surface area (Å²) in [5.74, 6) is 0.970. The number of furan rings is 1. The van der Waals surface area contributed by atoms with Gasteiger partial charge in [0.15, 0.2) is 17.3 Å². The molecule has 0 aliphatic carbocycles. The van der Waals surface area contributed by atoms with Crippen molar-refractivity contribution in [2.45, 2.75) is 6.42 Å². The molecule has 164 valence electrons. The summed E-state index contributed by atoms with van der Waals surface area (Å²) >= 11 is 0. The van der Waals surface area contributed by atoms with Crippen molar-refractivity contribution in [1.29, 1.82) is 0 Å². The van der Waals surface area contributed by atoms with E-state index in [1.807, 2.05) is 30.2 Å². The molecule has 0 bridgehead atoms. The van der Waals surface area contributed by atoms with Crippen LogP contribution in [0.25, 0.3) is 6.08 Å². The Balaban J connectivity index is 1.64. The first kappa shape index (κ1) is 21.2. The molecule has 1 aromatic heterocycles. The number of carbonyl (C=O) groups is 2. The van der Waals surface area contributed by atoms with Crippen LogP contribution in [0.5, 0.6) is 11.5 Å². The topological polar surface area (TPSA) is 81.0 Å². The minimum Gasteiger partial charge on any atom is -0.493 e. The second kappa shape index (κ2) is 9.01. The minimum absolute atomic E-state index is 0.135. The van der Waals surface area contributed by atoms with Crippen molar-refractivity contribution in [3.05, 3.63) is 82.9 Å². The zero-order valence-electron chi connectivity index (χ0n) is 18.2. The predicted octanol–water partition coefficient (Wildman–Crippen LogP) is 4.26. The molecule has 4 rings (SSSR count). The number of methoxy groups -OCH3 is 2. The van der Waals surface area contributed by atoms with Crippen molar-refractivity contribution < 1.29 is 23.5 Å². The van der Waals surface area contributed by atoms with Crippen molar-refractivity contribution in [1.82, 2.24) is 4.90 Å². The van der Waals surface area contributed by atoms with Crippen LogP contribution in [0.15, 0.2) is 64.9 Å². The summed E-state index contributed by atoms with van der Waals surface area (Å²) < 4.78 is 16.0. The molecule has 0 saturated carbocycles. The maximum atomic E-state index is 13.4. The number of nitrogens with zero attached hydrogens (tertiary/aromatic N) is 1. The number of carbonyl (C=O) groups excluding carboxylic acids is 2. The molecule has 7 nitrogen and oxygen atoms in total. The average molecular weight is 432 g/mol. The standard InChI is InChI=1S/C25H24N2O5/c1-27-10-9-16-14-22(30-2)23(31-3)15-18(16)13-20(27)24(28)17-6-4-7-19(12-17)26-25(29)21-8-5-11-32-21/h4-8,11-15H,9-10H2,1-3H3,(H,26,29). The summed E-state index contributed by atoms with van der Waals surface area (Å²) in [6.07, 6.45) is 4.07. The van der Waals surface area contributed by atoms with Gasteiger partial charge in [-0.1, -0.05) is 12.1 Å². The van der Waals surface area contributed by atoms with E-state index in [1.54, 1.807) is 50.6 Å². The van der Waals surface area contributed by atoms with Gasteiger partial charge in [-0.25, -0.2) is 0 Å². The fourth-order valence-corrected chi connectivity index (χ4v) is 3.68. The summed E-state index contributed by atoms with van der Waals surface area (Å²) in [5, 5.41) is 2.76. The summed E-state index contributed by atoms with van der Waals surface area (Å²) in [4.78, 5) is 27.6. The third-order valence-electron chi connectivity index (χ3n) is 5.43. The van der Waals surface area contributed by atoms with E-state index in [-0.39, 0.29) is 17.5 Å². The zero-order chi connectivity index (χ0) is 22.7.